The number of benzene rings is 1. The Kier molecular flexibility index (Phi) is 2.78. The van der Waals surface area contributed by atoms with E-state index < -0.39 is 0 Å². The maximum absolute atomic E-state index is 11.5. The molecular weight excluding hydrogens is 190 g/mol. The van der Waals surface area contributed by atoms with Gasteiger partial charge in [-0.15, -0.1) is 0 Å². The van der Waals surface area contributed by atoms with E-state index in [1.807, 2.05) is 0 Å². The van der Waals surface area contributed by atoms with Gasteiger partial charge in [-0.05, 0) is 12.1 Å². The Hall–Kier alpha value is -1.22. The summed E-state index contributed by atoms with van der Waals surface area (Å²) in [7, 11) is 3.20. The molecule has 4 heteroatoms. The molecule has 0 saturated heterocycles. The minimum Gasteiger partial charge on any atom is -0.507 e. The summed E-state index contributed by atoms with van der Waals surface area (Å²) in [6, 6.07) is 4.59. The van der Waals surface area contributed by atoms with Crippen molar-refractivity contribution in [1.82, 2.24) is 4.90 Å². The molecule has 0 radical (unpaired) electrons. The van der Waals surface area contributed by atoms with E-state index in [1.54, 1.807) is 26.2 Å². The summed E-state index contributed by atoms with van der Waals surface area (Å²) < 4.78 is 0. The SMILES string of the molecule is CN(C)C(=O)c1c(O)cccc1Cl. The first kappa shape index (κ1) is 9.86. The predicted octanol–water partition coefficient (Wildman–Crippen LogP) is 1.75. The van der Waals surface area contributed by atoms with Crippen LogP contribution in [0.1, 0.15) is 10.4 Å². The fraction of sp³-hybridized carbons (Fsp3) is 0.222. The zero-order valence-electron chi connectivity index (χ0n) is 7.41. The fourth-order valence-corrected chi connectivity index (χ4v) is 1.20. The smallest absolute Gasteiger partial charge is 0.258 e. The number of halogens is 1. The maximum atomic E-state index is 11.5. The number of hydrogen-bond donors (Lipinski definition) is 1. The molecule has 1 aromatic rings. The normalized spacial score (nSPS) is 9.77. The average molecular weight is 200 g/mol. The third-order valence-corrected chi connectivity index (χ3v) is 1.93. The van der Waals surface area contributed by atoms with Gasteiger partial charge < -0.3 is 10.0 Å². The molecule has 0 bridgehead atoms. The van der Waals surface area contributed by atoms with E-state index >= 15 is 0 Å². The van der Waals surface area contributed by atoms with E-state index in [9.17, 15) is 9.90 Å². The highest BCUT2D eigenvalue weighted by atomic mass is 35.5. The topological polar surface area (TPSA) is 40.5 Å². The van der Waals surface area contributed by atoms with Crippen LogP contribution in [-0.4, -0.2) is 30.0 Å². The van der Waals surface area contributed by atoms with Gasteiger partial charge in [0.05, 0.1) is 10.6 Å². The van der Waals surface area contributed by atoms with E-state index in [0.29, 0.717) is 0 Å². The molecule has 1 amide bonds. The molecule has 3 nitrogen and oxygen atoms in total. The Morgan fingerprint density at radius 3 is 2.54 bits per heavy atom. The van der Waals surface area contributed by atoms with E-state index in [1.165, 1.54) is 11.0 Å². The lowest BCUT2D eigenvalue weighted by molar-refractivity contribution is 0.0825. The number of carbonyl (C=O) groups excluding carboxylic acids is 1. The maximum Gasteiger partial charge on any atom is 0.258 e. The largest absolute Gasteiger partial charge is 0.507 e. The van der Waals surface area contributed by atoms with Gasteiger partial charge in [0.2, 0.25) is 0 Å². The molecule has 0 aliphatic rings. The number of nitrogens with zero attached hydrogens (tertiary/aromatic N) is 1. The van der Waals surface area contributed by atoms with Crippen molar-refractivity contribution in [2.45, 2.75) is 0 Å². The lowest BCUT2D eigenvalue weighted by Gasteiger charge is -2.12. The van der Waals surface area contributed by atoms with Crippen LogP contribution in [0.3, 0.4) is 0 Å². The summed E-state index contributed by atoms with van der Waals surface area (Å²) in [5.41, 5.74) is 0.147. The van der Waals surface area contributed by atoms with Gasteiger partial charge in [0.25, 0.3) is 5.91 Å². The van der Waals surface area contributed by atoms with E-state index in [2.05, 4.69) is 0 Å². The van der Waals surface area contributed by atoms with Gasteiger partial charge >= 0.3 is 0 Å². The van der Waals surface area contributed by atoms with Crippen LogP contribution in [0.15, 0.2) is 18.2 Å². The second-order valence-corrected chi connectivity index (χ2v) is 3.24. The number of phenols is 1. The molecule has 0 aliphatic carbocycles. The van der Waals surface area contributed by atoms with Gasteiger partial charge in [-0.25, -0.2) is 0 Å². The minimum atomic E-state index is -0.303. The molecule has 0 aromatic heterocycles. The van der Waals surface area contributed by atoms with Gasteiger partial charge in [-0.3, -0.25) is 4.79 Å². The third-order valence-electron chi connectivity index (χ3n) is 1.61. The van der Waals surface area contributed by atoms with Crippen LogP contribution in [0.2, 0.25) is 5.02 Å². The van der Waals surface area contributed by atoms with E-state index in [4.69, 9.17) is 11.6 Å². The molecule has 1 aromatic carbocycles. The Morgan fingerprint density at radius 2 is 2.08 bits per heavy atom. The molecule has 13 heavy (non-hydrogen) atoms. The van der Waals surface area contributed by atoms with Crippen molar-refractivity contribution < 1.29 is 9.90 Å². The summed E-state index contributed by atoms with van der Waals surface area (Å²) in [6.45, 7) is 0. The van der Waals surface area contributed by atoms with Crippen LogP contribution < -0.4 is 0 Å². The number of carbonyl (C=O) groups is 1. The number of amides is 1. The first-order valence-electron chi connectivity index (χ1n) is 3.73. The van der Waals surface area contributed by atoms with Crippen molar-refractivity contribution in [3.8, 4) is 5.75 Å². The van der Waals surface area contributed by atoms with Crippen molar-refractivity contribution in [1.29, 1.82) is 0 Å². The Balaban J connectivity index is 3.20. The Bertz CT molecular complexity index is 316. The second-order valence-electron chi connectivity index (χ2n) is 2.83. The van der Waals surface area contributed by atoms with Crippen LogP contribution >= 0.6 is 11.6 Å². The Labute approximate surface area is 81.5 Å². The van der Waals surface area contributed by atoms with Gasteiger partial charge in [-0.1, -0.05) is 17.7 Å². The molecule has 0 unspecified atom stereocenters. The van der Waals surface area contributed by atoms with Crippen LogP contribution in [-0.2, 0) is 0 Å². The summed E-state index contributed by atoms with van der Waals surface area (Å²) in [6.07, 6.45) is 0. The number of rotatable bonds is 1. The fourth-order valence-electron chi connectivity index (χ4n) is 0.948. The molecular formula is C9H10ClNO2. The average Bonchev–Trinajstić information content (AvgIpc) is 2.03. The van der Waals surface area contributed by atoms with E-state index in [-0.39, 0.29) is 22.2 Å². The van der Waals surface area contributed by atoms with Crippen LogP contribution in [0.4, 0.5) is 0 Å². The molecule has 1 rings (SSSR count). The van der Waals surface area contributed by atoms with Crippen LogP contribution in [0, 0.1) is 0 Å². The molecule has 0 spiro atoms. The highest BCUT2D eigenvalue weighted by Crippen LogP contribution is 2.25. The number of hydrogen-bond acceptors (Lipinski definition) is 2. The second kappa shape index (κ2) is 3.66. The molecule has 70 valence electrons. The first-order valence-corrected chi connectivity index (χ1v) is 4.11. The van der Waals surface area contributed by atoms with Crippen LogP contribution in [0.25, 0.3) is 0 Å². The highest BCUT2D eigenvalue weighted by Gasteiger charge is 2.16. The minimum absolute atomic E-state index is 0.0915. The summed E-state index contributed by atoms with van der Waals surface area (Å²) in [4.78, 5) is 12.8. The van der Waals surface area contributed by atoms with Crippen molar-refractivity contribution in [2.75, 3.05) is 14.1 Å². The molecule has 1 N–H and O–H groups in total. The van der Waals surface area contributed by atoms with Crippen molar-refractivity contribution in [3.63, 3.8) is 0 Å². The molecule has 0 heterocycles. The van der Waals surface area contributed by atoms with Gasteiger partial charge in [0.15, 0.2) is 0 Å². The zero-order valence-corrected chi connectivity index (χ0v) is 8.17. The quantitative estimate of drug-likeness (QED) is 0.749. The summed E-state index contributed by atoms with van der Waals surface area (Å²) >= 11 is 5.76. The van der Waals surface area contributed by atoms with Crippen molar-refractivity contribution >= 4 is 17.5 Å². The van der Waals surface area contributed by atoms with E-state index in [0.717, 1.165) is 0 Å². The van der Waals surface area contributed by atoms with Gasteiger partial charge in [0, 0.05) is 14.1 Å². The third kappa shape index (κ3) is 1.92. The predicted molar refractivity (Wildman–Crippen MR) is 51.1 cm³/mol. The highest BCUT2D eigenvalue weighted by molar-refractivity contribution is 6.34. The number of aromatic hydroxyl groups is 1. The zero-order chi connectivity index (χ0) is 10.0. The molecule has 0 fully saturated rings. The molecule has 0 atom stereocenters. The van der Waals surface area contributed by atoms with Crippen LogP contribution in [0.5, 0.6) is 5.75 Å². The standard InChI is InChI=1S/C9H10ClNO2/c1-11(2)9(13)8-6(10)4-3-5-7(8)12/h3-5,12H,1-2H3. The summed E-state index contributed by atoms with van der Waals surface area (Å²) in [5, 5.41) is 9.64. The first-order chi connectivity index (χ1) is 6.04. The lowest BCUT2D eigenvalue weighted by atomic mass is 10.2. The Morgan fingerprint density at radius 1 is 1.46 bits per heavy atom. The van der Waals surface area contributed by atoms with Crippen molar-refractivity contribution in [2.24, 2.45) is 0 Å². The lowest BCUT2D eigenvalue weighted by Crippen LogP contribution is -2.22. The molecule has 0 aliphatic heterocycles. The van der Waals surface area contributed by atoms with Gasteiger partial charge in [0.1, 0.15) is 5.75 Å². The summed E-state index contributed by atoms with van der Waals surface area (Å²) in [5.74, 6) is -0.394. The van der Waals surface area contributed by atoms with Crippen molar-refractivity contribution in [3.05, 3.63) is 28.8 Å². The monoisotopic (exact) mass is 199 g/mol. The van der Waals surface area contributed by atoms with Gasteiger partial charge in [-0.2, -0.15) is 0 Å². The molecule has 0 saturated carbocycles. The number of phenolic OH excluding ortho intramolecular Hbond substituents is 1.